The molecule has 0 amide bonds. The Labute approximate surface area is 72.4 Å². The molecular weight excluding hydrogens is 194 g/mol. The van der Waals surface area contributed by atoms with Crippen molar-refractivity contribution in [3.63, 3.8) is 0 Å². The average Bonchev–Trinajstić information content (AvgIpc) is 2.06. The Morgan fingerprint density at radius 2 is 2.00 bits per heavy atom. The molecule has 1 atom stereocenters. The molecule has 1 unspecified atom stereocenters. The van der Waals surface area contributed by atoms with Crippen molar-refractivity contribution >= 4 is 27.6 Å². The summed E-state index contributed by atoms with van der Waals surface area (Å²) >= 11 is 0. The highest BCUT2D eigenvalue weighted by atomic mass is 31.2. The maximum atomic E-state index is 11.3. The van der Waals surface area contributed by atoms with Crippen LogP contribution in [0.25, 0.3) is 0 Å². The van der Waals surface area contributed by atoms with Gasteiger partial charge in [0.05, 0.1) is 13.7 Å². The smallest absolute Gasteiger partial charge is 0.320 e. The first-order chi connectivity index (χ1) is 5.67. The van der Waals surface area contributed by atoms with Crippen molar-refractivity contribution in [3.8, 4) is 0 Å². The predicted octanol–water partition coefficient (Wildman–Crippen LogP) is 1.81. The van der Waals surface area contributed by atoms with Crippen LogP contribution in [0.4, 0.5) is 0 Å². The van der Waals surface area contributed by atoms with E-state index in [1.807, 2.05) is 0 Å². The molecule has 0 saturated heterocycles. The zero-order valence-corrected chi connectivity index (χ0v) is 8.04. The van der Waals surface area contributed by atoms with E-state index < -0.39 is 7.60 Å². The van der Waals surface area contributed by atoms with Crippen LogP contribution in [0.15, 0.2) is 30.3 Å². The quantitative estimate of drug-likeness (QED) is 0.760. The molecule has 0 bridgehead atoms. The lowest BCUT2D eigenvalue weighted by molar-refractivity contribution is 0.414. The zero-order chi connectivity index (χ0) is 9.03. The third-order valence-electron chi connectivity index (χ3n) is 1.25. The summed E-state index contributed by atoms with van der Waals surface area (Å²) in [6.07, 6.45) is 3.31. The number of rotatable bonds is 3. The van der Waals surface area contributed by atoms with Gasteiger partial charge in [-0.05, 0) is 18.4 Å². The fourth-order valence-electron chi connectivity index (χ4n) is 0.742. The molecular formula is C7H8O3P2. The first kappa shape index (κ1) is 9.63. The van der Waals surface area contributed by atoms with E-state index in [2.05, 4.69) is 10.6 Å². The molecule has 1 aromatic rings. The van der Waals surface area contributed by atoms with Crippen molar-refractivity contribution < 1.29 is 13.8 Å². The van der Waals surface area contributed by atoms with Crippen LogP contribution in [0.5, 0.6) is 0 Å². The van der Waals surface area contributed by atoms with Gasteiger partial charge >= 0.3 is 7.60 Å². The summed E-state index contributed by atoms with van der Waals surface area (Å²) in [6.45, 7) is 0. The van der Waals surface area contributed by atoms with Crippen LogP contribution in [-0.4, -0.2) is 11.2 Å². The first-order valence-electron chi connectivity index (χ1n) is 3.20. The molecule has 1 aromatic carbocycles. The van der Waals surface area contributed by atoms with Crippen LogP contribution in [0.1, 0.15) is 0 Å². The van der Waals surface area contributed by atoms with Gasteiger partial charge in [0.2, 0.25) is 0 Å². The van der Waals surface area contributed by atoms with Crippen molar-refractivity contribution in [2.24, 2.45) is 0 Å². The Kier molecular flexibility index (Phi) is 3.19. The Morgan fingerprint density at radius 3 is 2.50 bits per heavy atom. The fraction of sp³-hybridized carbons (Fsp3) is 0. The molecule has 0 spiro atoms. The summed E-state index contributed by atoms with van der Waals surface area (Å²) in [6, 6.07) is 8.23. The fourth-order valence-corrected chi connectivity index (χ4v) is 2.29. The van der Waals surface area contributed by atoms with Gasteiger partial charge in [-0.15, -0.1) is 0 Å². The predicted molar refractivity (Wildman–Crippen MR) is 51.0 cm³/mol. The van der Waals surface area contributed by atoms with Crippen LogP contribution in [0.3, 0.4) is 0 Å². The molecule has 5 heteroatoms. The lowest BCUT2D eigenvalue weighted by atomic mass is 10.4. The second-order valence-corrected chi connectivity index (χ2v) is 4.54. The van der Waals surface area contributed by atoms with Gasteiger partial charge in [0.15, 0.2) is 0 Å². The van der Waals surface area contributed by atoms with E-state index in [1.54, 1.807) is 30.3 Å². The van der Waals surface area contributed by atoms with Crippen LogP contribution in [0.2, 0.25) is 0 Å². The van der Waals surface area contributed by atoms with Crippen LogP contribution >= 0.6 is 16.0 Å². The van der Waals surface area contributed by atoms with Gasteiger partial charge < -0.3 is 4.89 Å². The average molecular weight is 202 g/mol. The Bertz CT molecular complexity index is 310. The highest BCUT2D eigenvalue weighted by Gasteiger charge is 2.20. The standard InChI is InChI=1S/C7H8O3P2/c1-11-10-12(8,9)7-5-3-2-4-6-7/h2-6H,1H2,(H,8,9). The molecule has 0 heterocycles. The minimum Gasteiger partial charge on any atom is -0.320 e. The van der Waals surface area contributed by atoms with Crippen molar-refractivity contribution in [2.75, 3.05) is 0 Å². The van der Waals surface area contributed by atoms with Crippen molar-refractivity contribution in [2.45, 2.75) is 0 Å². The largest absolute Gasteiger partial charge is 0.366 e. The Hall–Kier alpha value is -0.460. The molecule has 0 radical (unpaired) electrons. The molecule has 0 aliphatic rings. The molecule has 1 N–H and O–H groups in total. The summed E-state index contributed by atoms with van der Waals surface area (Å²) < 4.78 is 15.9. The second kappa shape index (κ2) is 3.97. The van der Waals surface area contributed by atoms with Crippen molar-refractivity contribution in [1.82, 2.24) is 0 Å². The molecule has 0 aliphatic carbocycles. The molecule has 0 aliphatic heterocycles. The summed E-state index contributed by atoms with van der Waals surface area (Å²) in [7, 11) is -3.41. The third kappa shape index (κ3) is 2.26. The van der Waals surface area contributed by atoms with Gasteiger partial charge in [0, 0.05) is 0 Å². The monoisotopic (exact) mass is 202 g/mol. The first-order valence-corrected chi connectivity index (χ1v) is 5.77. The normalized spacial score (nSPS) is 15.8. The highest BCUT2D eigenvalue weighted by molar-refractivity contribution is 7.66. The van der Waals surface area contributed by atoms with Gasteiger partial charge in [-0.1, -0.05) is 18.2 Å². The summed E-state index contributed by atoms with van der Waals surface area (Å²) in [4.78, 5) is 9.27. The van der Waals surface area contributed by atoms with E-state index in [1.165, 1.54) is 0 Å². The van der Waals surface area contributed by atoms with Crippen LogP contribution < -0.4 is 5.30 Å². The van der Waals surface area contributed by atoms with E-state index in [-0.39, 0.29) is 8.43 Å². The van der Waals surface area contributed by atoms with E-state index in [0.717, 1.165) is 0 Å². The van der Waals surface area contributed by atoms with Gasteiger partial charge in [0.1, 0.15) is 0 Å². The summed E-state index contributed by atoms with van der Waals surface area (Å²) in [5.41, 5.74) is 0. The molecule has 0 aromatic heterocycles. The molecule has 1 rings (SSSR count). The van der Waals surface area contributed by atoms with Gasteiger partial charge in [-0.25, -0.2) is 4.31 Å². The van der Waals surface area contributed by atoms with Gasteiger partial charge in [-0.2, -0.15) is 0 Å². The number of benzene rings is 1. The van der Waals surface area contributed by atoms with E-state index in [4.69, 9.17) is 0 Å². The Balaban J connectivity index is 2.98. The zero-order valence-electron chi connectivity index (χ0n) is 6.25. The maximum absolute atomic E-state index is 11.3. The number of hydrogen-bond donors (Lipinski definition) is 1. The summed E-state index contributed by atoms with van der Waals surface area (Å²) in [5.74, 6) is 0. The van der Waals surface area contributed by atoms with Crippen molar-refractivity contribution in [3.05, 3.63) is 30.3 Å². The third-order valence-corrected chi connectivity index (χ3v) is 3.55. The highest BCUT2D eigenvalue weighted by Crippen LogP contribution is 2.43. The minimum absolute atomic E-state index is 0.206. The lowest BCUT2D eigenvalue weighted by Crippen LogP contribution is -2.02. The summed E-state index contributed by atoms with van der Waals surface area (Å²) in [5, 5.41) is 0.293. The van der Waals surface area contributed by atoms with E-state index in [9.17, 15) is 9.46 Å². The van der Waals surface area contributed by atoms with E-state index in [0.29, 0.717) is 5.30 Å². The van der Waals surface area contributed by atoms with Crippen LogP contribution in [-0.2, 0) is 8.88 Å². The van der Waals surface area contributed by atoms with Gasteiger partial charge in [0.25, 0.3) is 0 Å². The topological polar surface area (TPSA) is 46.5 Å². The molecule has 12 heavy (non-hydrogen) atoms. The van der Waals surface area contributed by atoms with Gasteiger partial charge in [-0.3, -0.25) is 4.57 Å². The molecule has 0 fully saturated rings. The lowest BCUT2D eigenvalue weighted by Gasteiger charge is -2.06. The SMILES string of the molecule is C=POP(=O)(O)c1ccccc1. The van der Waals surface area contributed by atoms with Crippen molar-refractivity contribution in [1.29, 1.82) is 0 Å². The van der Waals surface area contributed by atoms with E-state index >= 15 is 0 Å². The molecule has 3 nitrogen and oxygen atoms in total. The second-order valence-electron chi connectivity index (χ2n) is 2.07. The van der Waals surface area contributed by atoms with Crippen LogP contribution in [0, 0.1) is 0 Å². The number of hydrogen-bond acceptors (Lipinski definition) is 2. The minimum atomic E-state index is -3.62. The Morgan fingerprint density at radius 1 is 1.42 bits per heavy atom. The molecule has 0 saturated carbocycles. The maximum Gasteiger partial charge on any atom is 0.366 e. The molecule has 64 valence electrons.